The molecule has 1 N–H and O–H groups in total. The van der Waals surface area contributed by atoms with E-state index in [2.05, 4.69) is 20.5 Å². The number of anilines is 1. The zero-order chi connectivity index (χ0) is 20.4. The van der Waals surface area contributed by atoms with E-state index in [0.29, 0.717) is 28.9 Å². The van der Waals surface area contributed by atoms with Crippen molar-refractivity contribution < 1.29 is 9.18 Å². The Balaban J connectivity index is 1.54. The summed E-state index contributed by atoms with van der Waals surface area (Å²) in [6.45, 7) is 2.12. The van der Waals surface area contributed by atoms with Gasteiger partial charge in [0.15, 0.2) is 0 Å². The van der Waals surface area contributed by atoms with Gasteiger partial charge in [0.1, 0.15) is 17.5 Å². The minimum atomic E-state index is -0.477. The van der Waals surface area contributed by atoms with Crippen LogP contribution in [-0.2, 0) is 6.54 Å². The topological polar surface area (TPSA) is 77.6 Å². The zero-order valence-electron chi connectivity index (χ0n) is 15.4. The van der Waals surface area contributed by atoms with Gasteiger partial charge in [-0.05, 0) is 42.8 Å². The van der Waals surface area contributed by atoms with Crippen molar-refractivity contribution >= 4 is 23.3 Å². The maximum absolute atomic E-state index is 13.1. The Hall–Kier alpha value is -3.52. The predicted octanol–water partition coefficient (Wildman–Crippen LogP) is 3.87. The number of hydrogen-bond acceptors (Lipinski definition) is 4. The summed E-state index contributed by atoms with van der Waals surface area (Å²) in [4.78, 5) is 16.9. The van der Waals surface area contributed by atoms with E-state index < -0.39 is 5.91 Å². The number of aryl methyl sites for hydroxylation is 1. The van der Waals surface area contributed by atoms with Crippen LogP contribution < -0.4 is 5.32 Å². The lowest BCUT2D eigenvalue weighted by atomic mass is 10.2. The fraction of sp³-hybridized carbons (Fsp3) is 0.100. The van der Waals surface area contributed by atoms with Gasteiger partial charge in [0.05, 0.1) is 18.4 Å². The molecule has 4 aromatic rings. The summed E-state index contributed by atoms with van der Waals surface area (Å²) in [6, 6.07) is 14.9. The molecule has 2 heterocycles. The molecule has 0 radical (unpaired) electrons. The van der Waals surface area contributed by atoms with Gasteiger partial charge in [-0.25, -0.2) is 18.7 Å². The van der Waals surface area contributed by atoms with Crippen LogP contribution in [0, 0.1) is 12.7 Å². The first kappa shape index (κ1) is 18.8. The average molecular weight is 411 g/mol. The SMILES string of the molecule is Cc1nc(C(=O)Nc2ccnn2Cc2ccccc2Cl)nn1-c1ccc(F)cc1. The van der Waals surface area contributed by atoms with Crippen molar-refractivity contribution in [2.75, 3.05) is 5.32 Å². The van der Waals surface area contributed by atoms with E-state index in [9.17, 15) is 9.18 Å². The first-order chi connectivity index (χ1) is 14.0. The van der Waals surface area contributed by atoms with Crippen LogP contribution in [0.4, 0.5) is 10.2 Å². The monoisotopic (exact) mass is 410 g/mol. The van der Waals surface area contributed by atoms with Crippen molar-refractivity contribution in [2.24, 2.45) is 0 Å². The van der Waals surface area contributed by atoms with Gasteiger partial charge < -0.3 is 5.32 Å². The summed E-state index contributed by atoms with van der Waals surface area (Å²) in [5, 5.41) is 11.9. The molecule has 2 aromatic heterocycles. The molecule has 4 rings (SSSR count). The summed E-state index contributed by atoms with van der Waals surface area (Å²) in [5.41, 5.74) is 1.49. The van der Waals surface area contributed by atoms with E-state index in [1.54, 1.807) is 42.1 Å². The second-order valence-electron chi connectivity index (χ2n) is 6.29. The lowest BCUT2D eigenvalue weighted by molar-refractivity contribution is 0.101. The molecule has 0 spiro atoms. The molecule has 0 saturated heterocycles. The minimum Gasteiger partial charge on any atom is -0.304 e. The Bertz CT molecular complexity index is 1170. The van der Waals surface area contributed by atoms with E-state index in [-0.39, 0.29) is 11.6 Å². The van der Waals surface area contributed by atoms with Crippen molar-refractivity contribution in [3.8, 4) is 5.69 Å². The smallest absolute Gasteiger partial charge is 0.296 e. The van der Waals surface area contributed by atoms with Crippen LogP contribution in [0.5, 0.6) is 0 Å². The number of hydrogen-bond donors (Lipinski definition) is 1. The minimum absolute atomic E-state index is 0.00248. The molecule has 0 saturated carbocycles. The highest BCUT2D eigenvalue weighted by Gasteiger charge is 2.17. The van der Waals surface area contributed by atoms with E-state index >= 15 is 0 Å². The Morgan fingerprint density at radius 3 is 2.66 bits per heavy atom. The van der Waals surface area contributed by atoms with E-state index in [4.69, 9.17) is 11.6 Å². The number of carbonyl (C=O) groups excluding carboxylic acids is 1. The molecule has 146 valence electrons. The van der Waals surface area contributed by atoms with E-state index in [1.165, 1.54) is 16.8 Å². The third-order valence-electron chi connectivity index (χ3n) is 4.28. The second-order valence-corrected chi connectivity index (χ2v) is 6.70. The number of rotatable bonds is 5. The number of nitrogens with zero attached hydrogens (tertiary/aromatic N) is 5. The van der Waals surface area contributed by atoms with Gasteiger partial charge in [-0.2, -0.15) is 5.10 Å². The molecule has 2 aromatic carbocycles. The van der Waals surface area contributed by atoms with Crippen LogP contribution in [0.2, 0.25) is 5.02 Å². The fourth-order valence-corrected chi connectivity index (χ4v) is 3.03. The quantitative estimate of drug-likeness (QED) is 0.542. The highest BCUT2D eigenvalue weighted by Crippen LogP contribution is 2.18. The molecule has 1 amide bonds. The maximum Gasteiger partial charge on any atom is 0.296 e. The molecule has 0 aliphatic heterocycles. The van der Waals surface area contributed by atoms with Gasteiger partial charge in [0.2, 0.25) is 5.82 Å². The summed E-state index contributed by atoms with van der Waals surface area (Å²) >= 11 is 6.21. The van der Waals surface area contributed by atoms with Crippen LogP contribution in [0.25, 0.3) is 5.69 Å². The molecule has 0 unspecified atom stereocenters. The number of nitrogens with one attached hydrogen (secondary N) is 1. The molecule has 0 aliphatic rings. The summed E-state index contributed by atoms with van der Waals surface area (Å²) in [5.74, 6) is 0.167. The number of benzene rings is 2. The number of halogens is 2. The molecule has 0 fully saturated rings. The Labute approximate surface area is 170 Å². The molecule has 29 heavy (non-hydrogen) atoms. The van der Waals surface area contributed by atoms with Crippen LogP contribution in [0.1, 0.15) is 22.0 Å². The standard InChI is InChI=1S/C20H16ClFN6O/c1-13-24-19(26-28(13)16-8-6-15(22)7-9-16)20(29)25-18-10-11-23-27(18)12-14-4-2-3-5-17(14)21/h2-11H,12H2,1H3,(H,25,29). The molecule has 0 bridgehead atoms. The molecular formula is C20H16ClFN6O. The lowest BCUT2D eigenvalue weighted by Gasteiger charge is -2.09. The van der Waals surface area contributed by atoms with Gasteiger partial charge in [0, 0.05) is 11.1 Å². The number of aromatic nitrogens is 5. The van der Waals surface area contributed by atoms with Crippen molar-refractivity contribution in [1.29, 1.82) is 0 Å². The van der Waals surface area contributed by atoms with Crippen molar-refractivity contribution in [1.82, 2.24) is 24.5 Å². The third kappa shape index (κ3) is 4.02. The fourth-order valence-electron chi connectivity index (χ4n) is 2.84. The Morgan fingerprint density at radius 1 is 1.14 bits per heavy atom. The van der Waals surface area contributed by atoms with Gasteiger partial charge in [-0.3, -0.25) is 4.79 Å². The lowest BCUT2D eigenvalue weighted by Crippen LogP contribution is -2.18. The van der Waals surface area contributed by atoms with Crippen molar-refractivity contribution in [3.05, 3.63) is 88.8 Å². The Morgan fingerprint density at radius 2 is 1.90 bits per heavy atom. The van der Waals surface area contributed by atoms with Gasteiger partial charge in [-0.15, -0.1) is 5.10 Å². The summed E-state index contributed by atoms with van der Waals surface area (Å²) in [7, 11) is 0. The predicted molar refractivity (Wildman–Crippen MR) is 107 cm³/mol. The van der Waals surface area contributed by atoms with E-state index in [0.717, 1.165) is 5.56 Å². The summed E-state index contributed by atoms with van der Waals surface area (Å²) in [6.07, 6.45) is 1.59. The van der Waals surface area contributed by atoms with Gasteiger partial charge in [0.25, 0.3) is 5.91 Å². The zero-order valence-corrected chi connectivity index (χ0v) is 16.1. The molecular weight excluding hydrogens is 395 g/mol. The second kappa shape index (κ2) is 7.84. The van der Waals surface area contributed by atoms with Gasteiger partial charge in [-0.1, -0.05) is 29.8 Å². The first-order valence-electron chi connectivity index (χ1n) is 8.77. The summed E-state index contributed by atoms with van der Waals surface area (Å²) < 4.78 is 16.3. The Kier molecular flexibility index (Phi) is 5.09. The van der Waals surface area contributed by atoms with Crippen LogP contribution >= 0.6 is 11.6 Å². The van der Waals surface area contributed by atoms with Crippen LogP contribution in [0.3, 0.4) is 0 Å². The number of carbonyl (C=O) groups is 1. The first-order valence-corrected chi connectivity index (χ1v) is 9.15. The normalized spacial score (nSPS) is 10.9. The molecule has 0 atom stereocenters. The van der Waals surface area contributed by atoms with Crippen molar-refractivity contribution in [3.63, 3.8) is 0 Å². The van der Waals surface area contributed by atoms with Crippen LogP contribution in [0.15, 0.2) is 60.8 Å². The maximum atomic E-state index is 13.1. The van der Waals surface area contributed by atoms with Crippen LogP contribution in [-0.4, -0.2) is 30.5 Å². The average Bonchev–Trinajstić information content (AvgIpc) is 3.31. The van der Waals surface area contributed by atoms with Gasteiger partial charge >= 0.3 is 0 Å². The molecule has 9 heteroatoms. The largest absolute Gasteiger partial charge is 0.304 e. The van der Waals surface area contributed by atoms with E-state index in [1.807, 2.05) is 18.2 Å². The van der Waals surface area contributed by atoms with Crippen molar-refractivity contribution in [2.45, 2.75) is 13.5 Å². The molecule has 0 aliphatic carbocycles. The number of amides is 1. The highest BCUT2D eigenvalue weighted by atomic mass is 35.5. The third-order valence-corrected chi connectivity index (χ3v) is 4.65. The highest BCUT2D eigenvalue weighted by molar-refractivity contribution is 6.31. The molecule has 7 nitrogen and oxygen atoms in total.